The molecule has 0 aromatic carbocycles. The van der Waals surface area contributed by atoms with Crippen molar-refractivity contribution in [2.24, 2.45) is 0 Å². The van der Waals surface area contributed by atoms with Crippen LogP contribution < -0.4 is 0 Å². The van der Waals surface area contributed by atoms with Crippen LogP contribution in [0.25, 0.3) is 0 Å². The summed E-state index contributed by atoms with van der Waals surface area (Å²) in [6, 6.07) is 0. The molecule has 0 aromatic heterocycles. The molecular formula is C4H7FO. The monoisotopic (exact) mass is 90.0 g/mol. The summed E-state index contributed by atoms with van der Waals surface area (Å²) in [6.07, 6.45) is 0.399. The Kier molecular flexibility index (Phi) is 4.80. The molecule has 0 atom stereocenters. The van der Waals surface area contributed by atoms with Crippen molar-refractivity contribution in [3.63, 3.8) is 0 Å². The van der Waals surface area contributed by atoms with Crippen LogP contribution in [0.15, 0.2) is 0 Å². The van der Waals surface area contributed by atoms with Gasteiger partial charge in [-0.25, -0.2) is 0 Å². The zero-order valence-electron chi connectivity index (χ0n) is 3.48. The maximum atomic E-state index is 11.0. The summed E-state index contributed by atoms with van der Waals surface area (Å²) in [4.78, 5) is 0. The molecule has 0 saturated heterocycles. The number of hydrogen-bond donors (Lipinski definition) is 0. The van der Waals surface area contributed by atoms with E-state index in [1.54, 1.807) is 0 Å². The van der Waals surface area contributed by atoms with E-state index in [-0.39, 0.29) is 6.67 Å². The molecule has 2 radical (unpaired) electrons. The van der Waals surface area contributed by atoms with Crippen LogP contribution >= 0.6 is 0 Å². The fourth-order valence-corrected chi connectivity index (χ4v) is 0.138. The number of rotatable bonds is 3. The lowest BCUT2D eigenvalue weighted by Crippen LogP contribution is -1.85. The predicted molar refractivity (Wildman–Crippen MR) is 20.8 cm³/mol. The van der Waals surface area contributed by atoms with Gasteiger partial charge in [0.05, 0.1) is 6.67 Å². The van der Waals surface area contributed by atoms with Crippen LogP contribution in [0.1, 0.15) is 6.42 Å². The van der Waals surface area contributed by atoms with E-state index in [0.717, 1.165) is 0 Å². The topological polar surface area (TPSA) is 9.23 Å². The second kappa shape index (κ2) is 4.89. The Labute approximate surface area is 37.1 Å². The Bertz CT molecular complexity index is 19.5. The standard InChI is InChI=1S/C4H7FO/c1-6-4-2-3-5/h1H,2-4H2. The minimum atomic E-state index is -0.350. The van der Waals surface area contributed by atoms with E-state index in [1.807, 2.05) is 0 Å². The molecule has 0 aliphatic carbocycles. The maximum Gasteiger partial charge on any atom is 0.115 e. The molecule has 0 N–H and O–H groups in total. The smallest absolute Gasteiger partial charge is 0.115 e. The third-order valence-corrected chi connectivity index (χ3v) is 0.396. The van der Waals surface area contributed by atoms with Crippen molar-refractivity contribution in [2.45, 2.75) is 6.42 Å². The Morgan fingerprint density at radius 3 is 2.50 bits per heavy atom. The van der Waals surface area contributed by atoms with Crippen molar-refractivity contribution < 1.29 is 9.13 Å². The summed E-state index contributed by atoms with van der Waals surface area (Å²) in [6.45, 7) is -0.0340. The summed E-state index contributed by atoms with van der Waals surface area (Å²) in [5.74, 6) is 0. The zero-order valence-corrected chi connectivity index (χ0v) is 3.48. The fraction of sp³-hybridized carbons (Fsp3) is 0.750. The highest BCUT2D eigenvalue weighted by Gasteiger charge is 1.78. The maximum absolute atomic E-state index is 11.0. The van der Waals surface area contributed by atoms with E-state index in [0.29, 0.717) is 13.0 Å². The second-order valence-corrected chi connectivity index (χ2v) is 0.913. The van der Waals surface area contributed by atoms with E-state index in [9.17, 15) is 4.39 Å². The van der Waals surface area contributed by atoms with Gasteiger partial charge in [-0.3, -0.25) is 4.39 Å². The average Bonchev–Trinajstić information content (AvgIpc) is 1.61. The normalized spacial score (nSPS) is 9.00. The van der Waals surface area contributed by atoms with Crippen LogP contribution in [0.4, 0.5) is 4.39 Å². The van der Waals surface area contributed by atoms with Crippen molar-refractivity contribution in [1.82, 2.24) is 0 Å². The van der Waals surface area contributed by atoms with Gasteiger partial charge in [0.15, 0.2) is 0 Å². The number of alkyl halides is 1. The first kappa shape index (κ1) is 5.89. The highest BCUT2D eigenvalue weighted by Crippen LogP contribution is 1.78. The summed E-state index contributed by atoms with van der Waals surface area (Å²) in [5.41, 5.74) is 0. The van der Waals surface area contributed by atoms with E-state index >= 15 is 0 Å². The molecule has 36 valence electrons. The minimum Gasteiger partial charge on any atom is -0.372 e. The van der Waals surface area contributed by atoms with Crippen molar-refractivity contribution >= 4 is 0 Å². The number of hydrogen-bond acceptors (Lipinski definition) is 1. The van der Waals surface area contributed by atoms with Gasteiger partial charge in [0.1, 0.15) is 7.11 Å². The first-order valence-corrected chi connectivity index (χ1v) is 1.79. The van der Waals surface area contributed by atoms with Gasteiger partial charge in [0.25, 0.3) is 0 Å². The third-order valence-electron chi connectivity index (χ3n) is 0.396. The van der Waals surface area contributed by atoms with Crippen molar-refractivity contribution in [3.05, 3.63) is 7.11 Å². The van der Waals surface area contributed by atoms with Crippen molar-refractivity contribution in [2.75, 3.05) is 13.3 Å². The van der Waals surface area contributed by atoms with E-state index < -0.39 is 0 Å². The Morgan fingerprint density at radius 1 is 1.67 bits per heavy atom. The molecule has 0 aliphatic heterocycles. The molecule has 0 fully saturated rings. The molecule has 0 aromatic rings. The van der Waals surface area contributed by atoms with Crippen molar-refractivity contribution in [3.8, 4) is 0 Å². The van der Waals surface area contributed by atoms with Gasteiger partial charge < -0.3 is 4.74 Å². The average molecular weight is 90.1 g/mol. The van der Waals surface area contributed by atoms with E-state index in [2.05, 4.69) is 11.8 Å². The molecule has 0 unspecified atom stereocenters. The van der Waals surface area contributed by atoms with Crippen LogP contribution in [-0.2, 0) is 4.74 Å². The Hall–Kier alpha value is -0.110. The van der Waals surface area contributed by atoms with Gasteiger partial charge in [-0.2, -0.15) is 0 Å². The highest BCUT2D eigenvalue weighted by molar-refractivity contribution is 4.27. The largest absolute Gasteiger partial charge is 0.372 e. The third kappa shape index (κ3) is 3.89. The lowest BCUT2D eigenvalue weighted by molar-refractivity contribution is 0.225. The summed E-state index contributed by atoms with van der Waals surface area (Å²) in [5, 5.41) is 0. The second-order valence-electron chi connectivity index (χ2n) is 0.913. The molecule has 0 saturated carbocycles. The summed E-state index contributed by atoms with van der Waals surface area (Å²) >= 11 is 0. The molecule has 0 aliphatic rings. The summed E-state index contributed by atoms with van der Waals surface area (Å²) < 4.78 is 15.1. The van der Waals surface area contributed by atoms with Crippen LogP contribution in [0.5, 0.6) is 0 Å². The first-order valence-electron chi connectivity index (χ1n) is 1.79. The van der Waals surface area contributed by atoms with Crippen LogP contribution in [0.2, 0.25) is 0 Å². The fourth-order valence-electron chi connectivity index (χ4n) is 0.138. The SMILES string of the molecule is [CH]OCCCF. The minimum absolute atomic E-state index is 0.316. The van der Waals surface area contributed by atoms with E-state index in [4.69, 9.17) is 0 Å². The molecule has 2 heteroatoms. The molecule has 0 rings (SSSR count). The molecular weight excluding hydrogens is 83.0 g/mol. The van der Waals surface area contributed by atoms with Gasteiger partial charge in [-0.1, -0.05) is 0 Å². The van der Waals surface area contributed by atoms with Crippen LogP contribution in [0, 0.1) is 7.11 Å². The molecule has 0 amide bonds. The number of halogens is 1. The molecule has 1 nitrogen and oxygen atoms in total. The van der Waals surface area contributed by atoms with Crippen LogP contribution in [-0.4, -0.2) is 13.3 Å². The quantitative estimate of drug-likeness (QED) is 0.470. The molecule has 0 bridgehead atoms. The lowest BCUT2D eigenvalue weighted by atomic mass is 10.5. The van der Waals surface area contributed by atoms with Gasteiger partial charge in [-0.05, 0) is 6.42 Å². The van der Waals surface area contributed by atoms with Gasteiger partial charge in [-0.15, -0.1) is 0 Å². The predicted octanol–water partition coefficient (Wildman–Crippen LogP) is 1.03. The highest BCUT2D eigenvalue weighted by atomic mass is 19.1. The molecule has 0 heterocycles. The molecule has 0 spiro atoms. The van der Waals surface area contributed by atoms with Crippen LogP contribution in [0.3, 0.4) is 0 Å². The number of ether oxygens (including phenoxy) is 1. The van der Waals surface area contributed by atoms with Gasteiger partial charge in [0, 0.05) is 6.61 Å². The van der Waals surface area contributed by atoms with Gasteiger partial charge >= 0.3 is 0 Å². The Morgan fingerprint density at radius 2 is 2.33 bits per heavy atom. The zero-order chi connectivity index (χ0) is 4.83. The summed E-state index contributed by atoms with van der Waals surface area (Å²) in [7, 11) is 4.55. The Balaban J connectivity index is 2.34. The first-order chi connectivity index (χ1) is 2.91. The molecule has 6 heavy (non-hydrogen) atoms. The lowest BCUT2D eigenvalue weighted by Gasteiger charge is -1.86. The van der Waals surface area contributed by atoms with E-state index in [1.165, 1.54) is 0 Å². The van der Waals surface area contributed by atoms with Crippen molar-refractivity contribution in [1.29, 1.82) is 0 Å². The van der Waals surface area contributed by atoms with Gasteiger partial charge in [0.2, 0.25) is 0 Å².